The lowest BCUT2D eigenvalue weighted by Crippen LogP contribution is -2.52. The van der Waals surface area contributed by atoms with E-state index in [1.165, 1.54) is 60.7 Å². The molecule has 2 aliphatic heterocycles. The number of piperidine rings is 1. The maximum atomic E-state index is 2.86. The van der Waals surface area contributed by atoms with E-state index >= 15 is 0 Å². The van der Waals surface area contributed by atoms with Crippen LogP contribution in [0.3, 0.4) is 0 Å². The van der Waals surface area contributed by atoms with E-state index in [-0.39, 0.29) is 5.54 Å². The van der Waals surface area contributed by atoms with Crippen LogP contribution in [0.4, 0.5) is 0 Å². The fourth-order valence-electron chi connectivity index (χ4n) is 4.76. The summed E-state index contributed by atoms with van der Waals surface area (Å²) in [7, 11) is 0. The summed E-state index contributed by atoms with van der Waals surface area (Å²) in [6.07, 6.45) is 5.35. The lowest BCUT2D eigenvalue weighted by molar-refractivity contribution is 0.0337. The maximum absolute atomic E-state index is 2.86. The maximum Gasteiger partial charge on any atom is 0.0487 e. The molecule has 1 nitrogen and oxygen atoms in total. The molecule has 0 amide bonds. The van der Waals surface area contributed by atoms with Gasteiger partial charge in [0.15, 0.2) is 0 Å². The van der Waals surface area contributed by atoms with Gasteiger partial charge in [-0.2, -0.15) is 11.8 Å². The summed E-state index contributed by atoms with van der Waals surface area (Å²) < 4.78 is 0. The van der Waals surface area contributed by atoms with Crippen molar-refractivity contribution in [3.05, 3.63) is 65.7 Å². The average molecular weight is 398 g/mol. The number of benzene rings is 2. The number of rotatable bonds is 5. The van der Waals surface area contributed by atoms with Crippen molar-refractivity contribution in [2.75, 3.05) is 24.6 Å². The monoisotopic (exact) mass is 397 g/mol. The lowest BCUT2D eigenvalue weighted by atomic mass is 9.80. The van der Waals surface area contributed by atoms with Crippen molar-refractivity contribution in [3.63, 3.8) is 0 Å². The van der Waals surface area contributed by atoms with Gasteiger partial charge in [-0.05, 0) is 66.8 Å². The Morgan fingerprint density at radius 1 is 1.04 bits per heavy atom. The summed E-state index contributed by atoms with van der Waals surface area (Å²) in [5.74, 6) is 4.47. The summed E-state index contributed by atoms with van der Waals surface area (Å²) >= 11 is 4.16. The van der Waals surface area contributed by atoms with Gasteiger partial charge >= 0.3 is 0 Å². The molecule has 0 aromatic heterocycles. The van der Waals surface area contributed by atoms with Crippen molar-refractivity contribution in [2.45, 2.75) is 48.8 Å². The minimum absolute atomic E-state index is 0.250. The van der Waals surface area contributed by atoms with Gasteiger partial charge in [0.05, 0.1) is 0 Å². The number of thioether (sulfide) groups is 2. The van der Waals surface area contributed by atoms with E-state index in [0.29, 0.717) is 0 Å². The molecule has 0 bridgehead atoms. The Hall–Kier alpha value is -0.900. The molecule has 2 aromatic rings. The first-order chi connectivity index (χ1) is 13.3. The van der Waals surface area contributed by atoms with E-state index < -0.39 is 0 Å². The molecule has 144 valence electrons. The Labute approximate surface area is 173 Å². The second kappa shape index (κ2) is 9.07. The smallest absolute Gasteiger partial charge is 0.0487 e. The number of hydrogen-bond acceptors (Lipinski definition) is 3. The zero-order chi connectivity index (χ0) is 18.5. The van der Waals surface area contributed by atoms with Crippen LogP contribution in [-0.2, 0) is 11.3 Å². The Kier molecular flexibility index (Phi) is 6.52. The molecule has 0 radical (unpaired) electrons. The minimum atomic E-state index is 0.250. The van der Waals surface area contributed by atoms with Gasteiger partial charge in [0.1, 0.15) is 0 Å². The molecule has 2 fully saturated rings. The highest BCUT2D eigenvalue weighted by atomic mass is 32.2. The molecule has 0 spiro atoms. The van der Waals surface area contributed by atoms with E-state index in [2.05, 4.69) is 78.2 Å². The van der Waals surface area contributed by atoms with Crippen LogP contribution in [0.25, 0.3) is 0 Å². The van der Waals surface area contributed by atoms with Crippen LogP contribution in [0.5, 0.6) is 0 Å². The third-order valence-corrected chi connectivity index (χ3v) is 8.34. The van der Waals surface area contributed by atoms with Gasteiger partial charge in [0, 0.05) is 22.7 Å². The quantitative estimate of drug-likeness (QED) is 0.535. The van der Waals surface area contributed by atoms with Crippen LogP contribution in [0, 0.1) is 5.92 Å². The van der Waals surface area contributed by atoms with Gasteiger partial charge in [-0.25, -0.2) is 0 Å². The third kappa shape index (κ3) is 4.41. The minimum Gasteiger partial charge on any atom is -0.293 e. The van der Waals surface area contributed by atoms with Crippen LogP contribution in [-0.4, -0.2) is 29.5 Å². The lowest BCUT2D eigenvalue weighted by Gasteiger charge is -2.50. The summed E-state index contributed by atoms with van der Waals surface area (Å²) in [4.78, 5) is 4.36. The first-order valence-electron chi connectivity index (χ1n) is 10.4. The van der Waals surface area contributed by atoms with Crippen LogP contribution < -0.4 is 0 Å². The van der Waals surface area contributed by atoms with E-state index in [0.717, 1.165) is 11.7 Å². The van der Waals surface area contributed by atoms with Gasteiger partial charge in [-0.15, -0.1) is 11.8 Å². The van der Waals surface area contributed by atoms with E-state index in [1.807, 2.05) is 11.8 Å². The fourth-order valence-corrected chi connectivity index (χ4v) is 7.03. The van der Waals surface area contributed by atoms with Gasteiger partial charge in [0.25, 0.3) is 0 Å². The van der Waals surface area contributed by atoms with Crippen LogP contribution >= 0.6 is 23.5 Å². The Morgan fingerprint density at radius 2 is 1.78 bits per heavy atom. The highest BCUT2D eigenvalue weighted by Gasteiger charge is 2.42. The number of likely N-dealkylation sites (tertiary alicyclic amines) is 1. The fraction of sp³-hybridized carbons (Fsp3) is 0.500. The van der Waals surface area contributed by atoms with Gasteiger partial charge in [0.2, 0.25) is 0 Å². The molecule has 0 N–H and O–H groups in total. The number of nitrogens with zero attached hydrogens (tertiary/aromatic N) is 1. The molecule has 4 rings (SSSR count). The summed E-state index contributed by atoms with van der Waals surface area (Å²) in [5, 5.41) is 0. The van der Waals surface area contributed by atoms with Crippen molar-refractivity contribution in [1.82, 2.24) is 4.90 Å². The van der Waals surface area contributed by atoms with Gasteiger partial charge in [-0.1, -0.05) is 55.5 Å². The molecular weight excluding hydrogens is 366 g/mol. The zero-order valence-corrected chi connectivity index (χ0v) is 18.0. The molecule has 0 saturated carbocycles. The van der Waals surface area contributed by atoms with Crippen molar-refractivity contribution >= 4 is 23.5 Å². The Bertz CT molecular complexity index is 724. The molecular formula is C24H31NS2. The predicted molar refractivity (Wildman–Crippen MR) is 121 cm³/mol. The molecule has 2 aromatic carbocycles. The molecule has 2 heterocycles. The largest absolute Gasteiger partial charge is 0.293 e. The first kappa shape index (κ1) is 19.4. The van der Waals surface area contributed by atoms with Gasteiger partial charge in [-0.3, -0.25) is 4.90 Å². The molecule has 2 aliphatic rings. The van der Waals surface area contributed by atoms with Crippen LogP contribution in [0.2, 0.25) is 0 Å². The first-order valence-corrected chi connectivity index (χ1v) is 12.5. The molecule has 1 atom stereocenters. The summed E-state index contributed by atoms with van der Waals surface area (Å²) in [6, 6.07) is 20.2. The highest BCUT2D eigenvalue weighted by Crippen LogP contribution is 2.46. The van der Waals surface area contributed by atoms with Crippen LogP contribution in [0.15, 0.2) is 59.5 Å². The topological polar surface area (TPSA) is 3.24 Å². The van der Waals surface area contributed by atoms with E-state index in [4.69, 9.17) is 0 Å². The number of hydrogen-bond donors (Lipinski definition) is 0. The van der Waals surface area contributed by atoms with Crippen molar-refractivity contribution < 1.29 is 0 Å². The Balaban J connectivity index is 1.64. The molecule has 0 unspecified atom stereocenters. The zero-order valence-electron chi connectivity index (χ0n) is 16.4. The average Bonchev–Trinajstić information content (AvgIpc) is 2.74. The third-order valence-electron chi connectivity index (χ3n) is 6.21. The predicted octanol–water partition coefficient (Wildman–Crippen LogP) is 6.43. The second-order valence-electron chi connectivity index (χ2n) is 8.11. The molecule has 2 saturated heterocycles. The Morgan fingerprint density at radius 3 is 2.56 bits per heavy atom. The normalized spacial score (nSPS) is 23.2. The molecule has 3 heteroatoms. The summed E-state index contributed by atoms with van der Waals surface area (Å²) in [5.41, 5.74) is 3.26. The van der Waals surface area contributed by atoms with Crippen molar-refractivity contribution in [3.8, 4) is 0 Å². The van der Waals surface area contributed by atoms with Gasteiger partial charge < -0.3 is 0 Å². The SMILES string of the molecule is C[C@H]1CCCN(C2(c3ccccc3SCc3ccccc3)CCSCC2)C1. The van der Waals surface area contributed by atoms with E-state index in [1.54, 1.807) is 5.56 Å². The highest BCUT2D eigenvalue weighted by molar-refractivity contribution is 7.99. The van der Waals surface area contributed by atoms with Crippen LogP contribution in [0.1, 0.15) is 43.7 Å². The van der Waals surface area contributed by atoms with Crippen molar-refractivity contribution in [2.24, 2.45) is 5.92 Å². The standard InChI is InChI=1S/C24H31NS2/c1-20-8-7-15-25(18-20)24(13-16-26-17-14-24)22-11-5-6-12-23(22)27-19-21-9-3-2-4-10-21/h2-6,9-12,20H,7-8,13-19H2,1H3/t20-/m0/s1. The second-order valence-corrected chi connectivity index (χ2v) is 10.3. The molecule has 0 aliphatic carbocycles. The van der Waals surface area contributed by atoms with Crippen molar-refractivity contribution in [1.29, 1.82) is 0 Å². The molecule has 27 heavy (non-hydrogen) atoms. The summed E-state index contributed by atoms with van der Waals surface area (Å²) in [6.45, 7) is 4.97. The van der Waals surface area contributed by atoms with E-state index in [9.17, 15) is 0 Å².